The minimum atomic E-state index is -6.00. The van der Waals surface area contributed by atoms with Gasteiger partial charge in [-0.3, -0.25) is 0 Å². The zero-order chi connectivity index (χ0) is 11.8. The Hall–Kier alpha value is 0.215. The minimum absolute atomic E-state index is 0.420. The summed E-state index contributed by atoms with van der Waals surface area (Å²) in [6.07, 6.45) is 5.82. The van der Waals surface area contributed by atoms with Gasteiger partial charge in [0.1, 0.15) is 0 Å². The van der Waals surface area contributed by atoms with E-state index in [4.69, 9.17) is 0 Å². The van der Waals surface area contributed by atoms with Crippen LogP contribution >= 0.6 is 7.26 Å². The van der Waals surface area contributed by atoms with E-state index >= 15 is 0 Å². The smallest absolute Gasteiger partial charge is 0.418 e. The van der Waals surface area contributed by atoms with Crippen molar-refractivity contribution >= 4 is 14.5 Å². The molecule has 0 aliphatic heterocycles. The van der Waals surface area contributed by atoms with Gasteiger partial charge < -0.3 is 17.3 Å². The molecule has 0 unspecified atom stereocenters. The monoisotopic (exact) mass is 234 g/mol. The van der Waals surface area contributed by atoms with Gasteiger partial charge in [-0.15, -0.1) is 7.26 Å². The van der Waals surface area contributed by atoms with Gasteiger partial charge in [-0.05, 0) is 24.6 Å². The van der Waals surface area contributed by atoms with Crippen LogP contribution in [0.2, 0.25) is 0 Å². The van der Waals surface area contributed by atoms with Crippen LogP contribution in [0.3, 0.4) is 0 Å². The quantitative estimate of drug-likeness (QED) is 0.384. The molecule has 0 aliphatic carbocycles. The van der Waals surface area contributed by atoms with Crippen LogP contribution in [-0.2, 0) is 0 Å². The summed E-state index contributed by atoms with van der Waals surface area (Å²) < 4.78 is 39.0. The first-order chi connectivity index (χ1) is 6.24. The second kappa shape index (κ2) is 7.50. The molecule has 0 nitrogen and oxygen atoms in total. The van der Waals surface area contributed by atoms with E-state index in [9.17, 15) is 17.3 Å². The van der Waals surface area contributed by atoms with E-state index < -0.39 is 14.5 Å². The fraction of sp³-hybridized carbons (Fsp3) is 1.00. The van der Waals surface area contributed by atoms with Crippen LogP contribution in [0.4, 0.5) is 17.3 Å². The molecule has 0 spiro atoms. The van der Waals surface area contributed by atoms with E-state index in [1.54, 1.807) is 0 Å². The van der Waals surface area contributed by atoms with Crippen molar-refractivity contribution < 1.29 is 17.3 Å². The normalized spacial score (nSPS) is 12.0. The molecule has 0 rings (SSSR count). The molecule has 0 fully saturated rings. The number of hydrogen-bond donors (Lipinski definition) is 0. The number of rotatable bonds is 4. The van der Waals surface area contributed by atoms with Crippen molar-refractivity contribution in [2.24, 2.45) is 0 Å². The predicted molar refractivity (Wildman–Crippen MR) is 59.3 cm³/mol. The van der Waals surface area contributed by atoms with E-state index in [0.29, 0.717) is 0 Å². The fourth-order valence-corrected chi connectivity index (χ4v) is 4.02. The third kappa shape index (κ3) is 10.3. The van der Waals surface area contributed by atoms with Gasteiger partial charge in [0.05, 0.1) is 0 Å². The van der Waals surface area contributed by atoms with Crippen molar-refractivity contribution in [1.82, 2.24) is 0 Å². The van der Waals surface area contributed by atoms with Crippen molar-refractivity contribution in [1.29, 1.82) is 0 Å². The van der Waals surface area contributed by atoms with E-state index in [2.05, 4.69) is 27.7 Å². The van der Waals surface area contributed by atoms with Crippen molar-refractivity contribution in [3.63, 3.8) is 0 Å². The molecular weight excluding hydrogens is 214 g/mol. The maximum absolute atomic E-state index is 9.75. The molecule has 0 amide bonds. The summed E-state index contributed by atoms with van der Waals surface area (Å²) in [5, 5.41) is 0. The van der Waals surface area contributed by atoms with Crippen LogP contribution in [0.15, 0.2) is 0 Å². The molecule has 0 aromatic heterocycles. The van der Waals surface area contributed by atoms with Gasteiger partial charge in [0.2, 0.25) is 0 Å². The Labute approximate surface area is 84.9 Å². The second-order valence-electron chi connectivity index (χ2n) is 3.10. The first-order valence-electron chi connectivity index (χ1n) is 4.97. The van der Waals surface area contributed by atoms with Crippen LogP contribution < -0.4 is 0 Å². The Morgan fingerprint density at radius 3 is 0.857 bits per heavy atom. The summed E-state index contributed by atoms with van der Waals surface area (Å²) in [6, 6.07) is 0. The van der Waals surface area contributed by atoms with Gasteiger partial charge in [-0.2, -0.15) is 0 Å². The predicted octanol–water partition coefficient (Wildman–Crippen LogP) is 4.38. The van der Waals surface area contributed by atoms with Crippen molar-refractivity contribution in [2.45, 2.75) is 27.7 Å². The van der Waals surface area contributed by atoms with Gasteiger partial charge in [-0.1, -0.05) is 27.7 Å². The SMILES string of the molecule is CC[P](CC)(CC)CC.F[B-](F)(F)F. The maximum Gasteiger partial charge on any atom is 0.673 e. The zero-order valence-corrected chi connectivity index (χ0v) is 10.3. The minimum Gasteiger partial charge on any atom is -0.418 e. The lowest BCUT2D eigenvalue weighted by atomic mass is 10.3. The van der Waals surface area contributed by atoms with Crippen molar-refractivity contribution in [3.8, 4) is 0 Å². The van der Waals surface area contributed by atoms with Gasteiger partial charge in [0, 0.05) is 0 Å². The Balaban J connectivity index is 0. The molecular formula is C8H20BF4P-. The topological polar surface area (TPSA) is 0 Å². The molecule has 14 heavy (non-hydrogen) atoms. The molecule has 0 N–H and O–H groups in total. The molecule has 0 saturated carbocycles. The van der Waals surface area contributed by atoms with E-state index in [0.717, 1.165) is 0 Å². The van der Waals surface area contributed by atoms with E-state index in [-0.39, 0.29) is 0 Å². The lowest BCUT2D eigenvalue weighted by Crippen LogP contribution is -2.04. The van der Waals surface area contributed by atoms with Gasteiger partial charge in [0.15, 0.2) is 0 Å². The Bertz CT molecular complexity index is 110. The van der Waals surface area contributed by atoms with Crippen LogP contribution in [0.1, 0.15) is 27.7 Å². The van der Waals surface area contributed by atoms with E-state index in [1.165, 1.54) is 24.6 Å². The van der Waals surface area contributed by atoms with Gasteiger partial charge in [-0.25, -0.2) is 0 Å². The molecule has 0 atom stereocenters. The zero-order valence-electron chi connectivity index (χ0n) is 9.36. The van der Waals surface area contributed by atoms with Crippen LogP contribution in [0, 0.1) is 0 Å². The first-order valence-corrected chi connectivity index (χ1v) is 7.50. The number of halogens is 4. The second-order valence-corrected chi connectivity index (χ2v) is 8.31. The third-order valence-corrected chi connectivity index (χ3v) is 8.05. The first kappa shape index (κ1) is 16.6. The highest BCUT2D eigenvalue weighted by Crippen LogP contribution is 2.57. The Kier molecular flexibility index (Phi) is 8.91. The van der Waals surface area contributed by atoms with Crippen LogP contribution in [0.5, 0.6) is 0 Å². The summed E-state index contributed by atoms with van der Waals surface area (Å²) >= 11 is 0. The molecule has 0 aromatic rings. The average molecular weight is 234 g/mol. The van der Waals surface area contributed by atoms with Gasteiger partial charge >= 0.3 is 7.25 Å². The third-order valence-electron chi connectivity index (χ3n) is 2.68. The highest BCUT2D eigenvalue weighted by atomic mass is 31.2. The molecule has 1 radical (unpaired) electrons. The van der Waals surface area contributed by atoms with Crippen LogP contribution in [-0.4, -0.2) is 31.9 Å². The van der Waals surface area contributed by atoms with Gasteiger partial charge in [0.25, 0.3) is 0 Å². The highest BCUT2D eigenvalue weighted by molar-refractivity contribution is 7.75. The highest BCUT2D eigenvalue weighted by Gasteiger charge is 2.20. The van der Waals surface area contributed by atoms with Crippen molar-refractivity contribution in [2.75, 3.05) is 24.6 Å². The molecule has 0 saturated heterocycles. The lowest BCUT2D eigenvalue weighted by Gasteiger charge is -2.31. The van der Waals surface area contributed by atoms with Crippen LogP contribution in [0.25, 0.3) is 0 Å². The van der Waals surface area contributed by atoms with Crippen molar-refractivity contribution in [3.05, 3.63) is 0 Å². The Morgan fingerprint density at radius 1 is 0.714 bits per heavy atom. The fourth-order valence-electron chi connectivity index (χ4n) is 1.34. The number of hydrogen-bond acceptors (Lipinski definition) is 0. The summed E-state index contributed by atoms with van der Waals surface area (Å²) in [5.41, 5.74) is 0. The molecule has 0 aliphatic rings. The summed E-state index contributed by atoms with van der Waals surface area (Å²) in [4.78, 5) is 0. The maximum atomic E-state index is 9.75. The molecule has 0 bridgehead atoms. The summed E-state index contributed by atoms with van der Waals surface area (Å²) in [5.74, 6) is 0. The Morgan fingerprint density at radius 2 is 0.857 bits per heavy atom. The molecule has 6 heteroatoms. The molecule has 0 heterocycles. The summed E-state index contributed by atoms with van der Waals surface area (Å²) in [6.45, 7) is 9.41. The molecule has 0 aromatic carbocycles. The largest absolute Gasteiger partial charge is 0.673 e. The average Bonchev–Trinajstić information content (AvgIpc) is 2.07. The lowest BCUT2D eigenvalue weighted by molar-refractivity contribution is 0.368. The standard InChI is InChI=1S/C8H20P.BF4/c1-5-9(6-2,7-3)8-4;2-1(3,4)5/h5-8H2,1-4H3;/q;-1. The molecule has 89 valence electrons. The van der Waals surface area contributed by atoms with E-state index in [1.807, 2.05) is 0 Å². The summed E-state index contributed by atoms with van der Waals surface area (Å²) in [7, 11) is -6.42.